The van der Waals surface area contributed by atoms with Crippen LogP contribution in [0.5, 0.6) is 0 Å². The number of aryl methyl sites for hydroxylation is 1. The fraction of sp³-hybridized carbons (Fsp3) is 0.476. The molecule has 1 amide bonds. The van der Waals surface area contributed by atoms with E-state index in [0.29, 0.717) is 6.54 Å². The average molecular weight is 405 g/mol. The summed E-state index contributed by atoms with van der Waals surface area (Å²) in [6.45, 7) is 2.46. The summed E-state index contributed by atoms with van der Waals surface area (Å²) < 4.78 is 32.6. The van der Waals surface area contributed by atoms with E-state index in [1.54, 1.807) is 35.2 Å². The van der Waals surface area contributed by atoms with Gasteiger partial charge < -0.3 is 9.32 Å². The highest BCUT2D eigenvalue weighted by Crippen LogP contribution is 2.31. The molecule has 0 bridgehead atoms. The van der Waals surface area contributed by atoms with E-state index < -0.39 is 10.0 Å². The predicted octanol–water partition coefficient (Wildman–Crippen LogP) is 3.61. The highest BCUT2D eigenvalue weighted by molar-refractivity contribution is 7.89. The van der Waals surface area contributed by atoms with E-state index in [9.17, 15) is 13.2 Å². The lowest BCUT2D eigenvalue weighted by Crippen LogP contribution is -2.42. The van der Waals surface area contributed by atoms with Gasteiger partial charge in [-0.2, -0.15) is 4.31 Å². The van der Waals surface area contributed by atoms with E-state index in [2.05, 4.69) is 0 Å². The van der Waals surface area contributed by atoms with Crippen LogP contribution in [0.1, 0.15) is 50.2 Å². The van der Waals surface area contributed by atoms with E-state index in [1.807, 2.05) is 19.1 Å². The Kier molecular flexibility index (Phi) is 6.57. The third-order valence-electron chi connectivity index (χ3n) is 5.24. The van der Waals surface area contributed by atoms with Crippen molar-refractivity contribution in [3.63, 3.8) is 0 Å². The molecular formula is C21H28N2O4S. The third-order valence-corrected chi connectivity index (χ3v) is 7.06. The number of sulfonamides is 1. The molecule has 1 aliphatic heterocycles. The number of carbonyl (C=O) groups is 1. The molecule has 2 heterocycles. The van der Waals surface area contributed by atoms with Crippen molar-refractivity contribution in [2.24, 2.45) is 0 Å². The van der Waals surface area contributed by atoms with Crippen molar-refractivity contribution in [2.75, 3.05) is 20.1 Å². The standard InChI is InChI=1S/C21H28N2O4S/c1-3-17-13-14-20(27-17)19-12-8-5-9-15-23(19)21(24)16-22(2)28(25,26)18-10-6-4-7-11-18/h4,6-7,10-11,13-14,19H,3,5,8-9,12,15-16H2,1-2H3. The highest BCUT2D eigenvalue weighted by Gasteiger charge is 2.31. The second kappa shape index (κ2) is 8.92. The van der Waals surface area contributed by atoms with Crippen LogP contribution in [0, 0.1) is 0 Å². The maximum Gasteiger partial charge on any atom is 0.243 e. The average Bonchev–Trinajstić information content (AvgIpc) is 3.04. The lowest BCUT2D eigenvalue weighted by molar-refractivity contribution is -0.134. The van der Waals surface area contributed by atoms with Crippen molar-refractivity contribution in [3.8, 4) is 0 Å². The molecule has 1 aliphatic rings. The van der Waals surface area contributed by atoms with Gasteiger partial charge in [-0.25, -0.2) is 8.42 Å². The number of benzene rings is 1. The van der Waals surface area contributed by atoms with E-state index >= 15 is 0 Å². The van der Waals surface area contributed by atoms with E-state index in [-0.39, 0.29) is 23.4 Å². The Bertz CT molecular complexity index is 892. The van der Waals surface area contributed by atoms with Gasteiger partial charge in [-0.05, 0) is 37.1 Å². The van der Waals surface area contributed by atoms with Crippen LogP contribution in [0.3, 0.4) is 0 Å². The van der Waals surface area contributed by atoms with Crippen LogP contribution in [0.4, 0.5) is 0 Å². The Labute approximate surface area is 167 Å². The molecule has 2 aromatic rings. The molecule has 3 rings (SSSR count). The molecule has 1 atom stereocenters. The smallest absolute Gasteiger partial charge is 0.243 e. The first kappa shape index (κ1) is 20.6. The molecule has 1 saturated heterocycles. The number of amides is 1. The molecule has 6 nitrogen and oxygen atoms in total. The minimum atomic E-state index is -3.70. The summed E-state index contributed by atoms with van der Waals surface area (Å²) in [7, 11) is -2.25. The maximum absolute atomic E-state index is 13.1. The SMILES string of the molecule is CCc1ccc(C2CCCCCN2C(=O)CN(C)S(=O)(=O)c2ccccc2)o1. The first-order valence-electron chi connectivity index (χ1n) is 9.83. The molecule has 1 aromatic heterocycles. The number of carbonyl (C=O) groups excluding carboxylic acids is 1. The normalized spacial score (nSPS) is 18.2. The molecule has 0 spiro atoms. The van der Waals surface area contributed by atoms with Gasteiger partial charge in [0, 0.05) is 20.0 Å². The maximum atomic E-state index is 13.1. The quantitative estimate of drug-likeness (QED) is 0.737. The Hall–Kier alpha value is -2.12. The zero-order chi connectivity index (χ0) is 20.1. The molecule has 0 aliphatic carbocycles. The van der Waals surface area contributed by atoms with Crippen molar-refractivity contribution in [1.82, 2.24) is 9.21 Å². The molecule has 0 radical (unpaired) electrons. The second-order valence-corrected chi connectivity index (χ2v) is 9.23. The Morgan fingerprint density at radius 1 is 1.14 bits per heavy atom. The lowest BCUT2D eigenvalue weighted by atomic mass is 10.1. The number of furan rings is 1. The summed E-state index contributed by atoms with van der Waals surface area (Å²) in [5.74, 6) is 1.50. The van der Waals surface area contributed by atoms with Gasteiger partial charge in [0.25, 0.3) is 0 Å². The Morgan fingerprint density at radius 2 is 1.89 bits per heavy atom. The minimum Gasteiger partial charge on any atom is -0.464 e. The Balaban J connectivity index is 1.78. The monoisotopic (exact) mass is 404 g/mol. The van der Waals surface area contributed by atoms with Crippen molar-refractivity contribution in [3.05, 3.63) is 54.0 Å². The van der Waals surface area contributed by atoms with E-state index in [0.717, 1.165) is 47.9 Å². The molecule has 0 saturated carbocycles. The van der Waals surface area contributed by atoms with Crippen LogP contribution in [-0.2, 0) is 21.2 Å². The summed E-state index contributed by atoms with van der Waals surface area (Å²) in [5, 5.41) is 0. The fourth-order valence-electron chi connectivity index (χ4n) is 3.60. The van der Waals surface area contributed by atoms with Crippen LogP contribution >= 0.6 is 0 Å². The van der Waals surface area contributed by atoms with Gasteiger partial charge in [-0.3, -0.25) is 4.79 Å². The molecular weight excluding hydrogens is 376 g/mol. The van der Waals surface area contributed by atoms with Crippen molar-refractivity contribution < 1.29 is 17.6 Å². The van der Waals surface area contributed by atoms with Gasteiger partial charge in [-0.1, -0.05) is 38.0 Å². The van der Waals surface area contributed by atoms with Gasteiger partial charge in [0.05, 0.1) is 17.5 Å². The second-order valence-electron chi connectivity index (χ2n) is 7.18. The van der Waals surface area contributed by atoms with Crippen LogP contribution in [0.25, 0.3) is 0 Å². The third kappa shape index (κ3) is 4.47. The van der Waals surface area contributed by atoms with Crippen LogP contribution in [0.2, 0.25) is 0 Å². The molecule has 7 heteroatoms. The van der Waals surface area contributed by atoms with Crippen molar-refractivity contribution in [1.29, 1.82) is 0 Å². The summed E-state index contributed by atoms with van der Waals surface area (Å²) in [6.07, 6.45) is 4.63. The highest BCUT2D eigenvalue weighted by atomic mass is 32.2. The lowest BCUT2D eigenvalue weighted by Gasteiger charge is -2.30. The summed E-state index contributed by atoms with van der Waals surface area (Å²) in [6, 6.07) is 12.0. The summed E-state index contributed by atoms with van der Waals surface area (Å²) in [4.78, 5) is 15.1. The van der Waals surface area contributed by atoms with Crippen LogP contribution in [-0.4, -0.2) is 43.7 Å². The van der Waals surface area contributed by atoms with Gasteiger partial charge in [-0.15, -0.1) is 0 Å². The molecule has 1 fully saturated rings. The Morgan fingerprint density at radius 3 is 2.57 bits per heavy atom. The number of likely N-dealkylation sites (tertiary alicyclic amines) is 1. The largest absolute Gasteiger partial charge is 0.464 e. The van der Waals surface area contributed by atoms with Crippen molar-refractivity contribution >= 4 is 15.9 Å². The van der Waals surface area contributed by atoms with Gasteiger partial charge in [0.1, 0.15) is 11.5 Å². The fourth-order valence-corrected chi connectivity index (χ4v) is 4.75. The molecule has 1 unspecified atom stereocenters. The molecule has 152 valence electrons. The molecule has 1 aromatic carbocycles. The zero-order valence-electron chi connectivity index (χ0n) is 16.5. The molecule has 0 N–H and O–H groups in total. The van der Waals surface area contributed by atoms with E-state index in [1.165, 1.54) is 7.05 Å². The topological polar surface area (TPSA) is 70.8 Å². The van der Waals surface area contributed by atoms with Gasteiger partial charge in [0.2, 0.25) is 15.9 Å². The number of likely N-dealkylation sites (N-methyl/N-ethyl adjacent to an activating group) is 1. The van der Waals surface area contributed by atoms with Gasteiger partial charge in [0.15, 0.2) is 0 Å². The summed E-state index contributed by atoms with van der Waals surface area (Å²) >= 11 is 0. The van der Waals surface area contributed by atoms with Crippen LogP contribution < -0.4 is 0 Å². The first-order chi connectivity index (χ1) is 13.4. The zero-order valence-corrected chi connectivity index (χ0v) is 17.3. The van der Waals surface area contributed by atoms with E-state index in [4.69, 9.17) is 4.42 Å². The van der Waals surface area contributed by atoms with Crippen molar-refractivity contribution in [2.45, 2.75) is 50.0 Å². The predicted molar refractivity (Wildman–Crippen MR) is 107 cm³/mol. The first-order valence-corrected chi connectivity index (χ1v) is 11.3. The number of hydrogen-bond donors (Lipinski definition) is 0. The molecule has 28 heavy (non-hydrogen) atoms. The van der Waals surface area contributed by atoms with Crippen LogP contribution in [0.15, 0.2) is 51.8 Å². The number of hydrogen-bond acceptors (Lipinski definition) is 4. The summed E-state index contributed by atoms with van der Waals surface area (Å²) in [5.41, 5.74) is 0. The van der Waals surface area contributed by atoms with Gasteiger partial charge >= 0.3 is 0 Å². The number of rotatable bonds is 6. The number of nitrogens with zero attached hydrogens (tertiary/aromatic N) is 2. The minimum absolute atomic E-state index is 0.136.